The van der Waals surface area contributed by atoms with Crippen LogP contribution in [0.25, 0.3) is 38.6 Å². The van der Waals surface area contributed by atoms with Crippen LogP contribution in [0.15, 0.2) is 206 Å². The largest absolute Gasteiger partial charge is 0.311 e. The average molecular weight is 721 g/mol. The summed E-state index contributed by atoms with van der Waals surface area (Å²) < 4.78 is 2.50. The minimum absolute atomic E-state index is 0.108. The van der Waals surface area contributed by atoms with E-state index in [0.717, 1.165) is 17.8 Å². The topological polar surface area (TPSA) is 37.0 Å². The molecule has 3 unspecified atom stereocenters. The summed E-state index contributed by atoms with van der Waals surface area (Å²) in [6, 6.07) is 75.0. The van der Waals surface area contributed by atoms with Gasteiger partial charge in [0.25, 0.3) is 0 Å². The molecule has 8 aromatic carbocycles. The highest BCUT2D eigenvalue weighted by molar-refractivity contribution is 6.13. The third-order valence-electron chi connectivity index (χ3n) is 12.1. The molecule has 268 valence electrons. The average Bonchev–Trinajstić information content (AvgIpc) is 3.75. The van der Waals surface area contributed by atoms with Gasteiger partial charge in [-0.05, 0) is 62.7 Å². The highest BCUT2D eigenvalue weighted by Gasteiger charge is 2.50. The molecule has 2 aliphatic rings. The first-order valence-corrected chi connectivity index (χ1v) is 19.5. The molecule has 1 saturated heterocycles. The predicted molar refractivity (Wildman–Crippen MR) is 228 cm³/mol. The Morgan fingerprint density at radius 1 is 0.518 bits per heavy atom. The van der Waals surface area contributed by atoms with Crippen molar-refractivity contribution in [3.63, 3.8) is 0 Å². The van der Waals surface area contributed by atoms with Gasteiger partial charge in [-0.2, -0.15) is 5.01 Å². The van der Waals surface area contributed by atoms with Crippen LogP contribution in [0, 0.1) is 0 Å². The summed E-state index contributed by atoms with van der Waals surface area (Å²) in [4.78, 5) is 0. The van der Waals surface area contributed by atoms with Gasteiger partial charge in [-0.15, -0.1) is 0 Å². The molecule has 2 heterocycles. The van der Waals surface area contributed by atoms with E-state index in [9.17, 15) is 0 Å². The SMILES string of the molecule is NC(c1ccc(-n2c3ccccc3c3ccc4c(c32)C(c2ccccc2)(c2ccccc2)c2ccccc2-4)cc1)N1C(c2ccccc2)[N@]1Cc1ccccc1. The Morgan fingerprint density at radius 2 is 1.11 bits per heavy atom. The van der Waals surface area contributed by atoms with Gasteiger partial charge < -0.3 is 10.3 Å². The first-order chi connectivity index (χ1) is 27.7. The van der Waals surface area contributed by atoms with E-state index in [1.54, 1.807) is 0 Å². The minimum Gasteiger partial charge on any atom is -0.311 e. The van der Waals surface area contributed by atoms with Crippen molar-refractivity contribution in [1.29, 1.82) is 0 Å². The third kappa shape index (κ3) is 4.90. The van der Waals surface area contributed by atoms with Crippen molar-refractivity contribution in [3.05, 3.63) is 245 Å². The second-order valence-electron chi connectivity index (χ2n) is 15.0. The molecule has 4 heteroatoms. The van der Waals surface area contributed by atoms with Gasteiger partial charge >= 0.3 is 0 Å². The first kappa shape index (κ1) is 32.8. The van der Waals surface area contributed by atoms with Crippen LogP contribution in [0.3, 0.4) is 0 Å². The van der Waals surface area contributed by atoms with Crippen LogP contribution in [-0.2, 0) is 12.0 Å². The molecule has 0 bridgehead atoms. The van der Waals surface area contributed by atoms with E-state index in [1.807, 2.05) is 0 Å². The summed E-state index contributed by atoms with van der Waals surface area (Å²) >= 11 is 0. The Bertz CT molecular complexity index is 2810. The van der Waals surface area contributed by atoms with Gasteiger partial charge in [0.15, 0.2) is 0 Å². The fraction of sp³-hybridized carbons (Fsp3) is 0.0769. The van der Waals surface area contributed by atoms with E-state index in [1.165, 1.54) is 66.3 Å². The van der Waals surface area contributed by atoms with Crippen molar-refractivity contribution < 1.29 is 0 Å². The van der Waals surface area contributed by atoms with Gasteiger partial charge in [0, 0.05) is 28.6 Å². The lowest BCUT2D eigenvalue weighted by Gasteiger charge is -2.34. The van der Waals surface area contributed by atoms with Crippen LogP contribution in [0.1, 0.15) is 51.3 Å². The van der Waals surface area contributed by atoms with Crippen LogP contribution in [0.2, 0.25) is 0 Å². The van der Waals surface area contributed by atoms with Gasteiger partial charge in [0.05, 0.1) is 22.6 Å². The number of fused-ring (bicyclic) bond motifs is 7. The van der Waals surface area contributed by atoms with E-state index < -0.39 is 5.41 Å². The predicted octanol–water partition coefficient (Wildman–Crippen LogP) is 11.5. The lowest BCUT2D eigenvalue weighted by atomic mass is 9.67. The quantitative estimate of drug-likeness (QED) is 0.159. The monoisotopic (exact) mass is 720 g/mol. The molecular formula is C52H40N4. The number of nitrogens with zero attached hydrogens (tertiary/aromatic N) is 3. The van der Waals surface area contributed by atoms with Crippen LogP contribution in [0.5, 0.6) is 0 Å². The molecule has 0 saturated carbocycles. The Labute approximate surface area is 327 Å². The molecule has 1 aliphatic heterocycles. The molecule has 4 nitrogen and oxygen atoms in total. The lowest BCUT2D eigenvalue weighted by molar-refractivity contribution is 0.237. The van der Waals surface area contributed by atoms with Crippen molar-refractivity contribution in [3.8, 4) is 16.8 Å². The minimum atomic E-state index is -0.531. The fourth-order valence-electron chi connectivity index (χ4n) is 9.65. The van der Waals surface area contributed by atoms with E-state index in [2.05, 4.69) is 221 Å². The molecule has 9 aromatic rings. The van der Waals surface area contributed by atoms with Crippen molar-refractivity contribution in [2.24, 2.45) is 5.73 Å². The smallest absolute Gasteiger partial charge is 0.117 e. The Kier molecular flexibility index (Phi) is 7.64. The number of benzene rings is 8. The number of para-hydroxylation sites is 1. The molecule has 11 rings (SSSR count). The number of rotatable bonds is 8. The molecule has 2 N–H and O–H groups in total. The van der Waals surface area contributed by atoms with Crippen LogP contribution < -0.4 is 5.73 Å². The van der Waals surface area contributed by atoms with Crippen LogP contribution >= 0.6 is 0 Å². The number of hydrogen-bond acceptors (Lipinski definition) is 3. The van der Waals surface area contributed by atoms with Crippen LogP contribution in [-0.4, -0.2) is 14.6 Å². The zero-order chi connectivity index (χ0) is 37.2. The number of hydrogen-bond donors (Lipinski definition) is 1. The Balaban J connectivity index is 1.09. The van der Waals surface area contributed by atoms with E-state index in [-0.39, 0.29) is 12.3 Å². The summed E-state index contributed by atoms with van der Waals surface area (Å²) in [6.45, 7) is 0.797. The molecule has 1 aromatic heterocycles. The van der Waals surface area contributed by atoms with Gasteiger partial charge in [0.1, 0.15) is 6.17 Å². The van der Waals surface area contributed by atoms with Crippen molar-refractivity contribution in [2.45, 2.75) is 24.3 Å². The molecule has 4 atom stereocenters. The zero-order valence-corrected chi connectivity index (χ0v) is 30.9. The maximum atomic E-state index is 7.19. The highest BCUT2D eigenvalue weighted by atomic mass is 15.9. The number of aromatic nitrogens is 1. The molecule has 1 aliphatic carbocycles. The maximum absolute atomic E-state index is 7.19. The zero-order valence-electron chi connectivity index (χ0n) is 30.9. The van der Waals surface area contributed by atoms with E-state index >= 15 is 0 Å². The summed E-state index contributed by atoms with van der Waals surface area (Å²) in [5, 5.41) is 7.18. The molecular weight excluding hydrogens is 681 g/mol. The summed E-state index contributed by atoms with van der Waals surface area (Å²) in [5.41, 5.74) is 21.5. The van der Waals surface area contributed by atoms with Gasteiger partial charge in [0.2, 0.25) is 0 Å². The Morgan fingerprint density at radius 3 is 1.80 bits per heavy atom. The summed E-state index contributed by atoms with van der Waals surface area (Å²) in [5.74, 6) is 0. The number of hydrazine groups is 1. The molecule has 56 heavy (non-hydrogen) atoms. The fourth-order valence-corrected chi connectivity index (χ4v) is 9.65. The molecule has 0 radical (unpaired) electrons. The maximum Gasteiger partial charge on any atom is 0.117 e. The van der Waals surface area contributed by atoms with Crippen molar-refractivity contribution >= 4 is 21.8 Å². The normalized spacial score (nSPS) is 18.4. The van der Waals surface area contributed by atoms with Gasteiger partial charge in [-0.3, -0.25) is 0 Å². The van der Waals surface area contributed by atoms with Crippen molar-refractivity contribution in [1.82, 2.24) is 14.6 Å². The first-order valence-electron chi connectivity index (χ1n) is 19.5. The Hall–Kier alpha value is -6.56. The van der Waals surface area contributed by atoms with E-state index in [4.69, 9.17) is 5.73 Å². The standard InChI is InChI=1S/C52H40N4/c53-50(56-51(38-19-7-2-8-20-38)54(56)35-36-17-5-1-6-18-36)37-29-31-41(32-30-37)55-47-28-16-14-26-43(47)45-34-33-44-42-25-13-15-27-46(42)52(48(44)49(45)55,39-21-9-3-10-22-39)40-23-11-4-12-24-40/h1-34,50-51H,35,53H2/t50?,51?,54-,56?/m0/s1. The van der Waals surface area contributed by atoms with Gasteiger partial charge in [-0.1, -0.05) is 188 Å². The second kappa shape index (κ2) is 13.0. The second-order valence-corrected chi connectivity index (χ2v) is 15.0. The number of nitrogens with two attached hydrogens (primary N) is 1. The lowest BCUT2D eigenvalue weighted by Crippen LogP contribution is -2.29. The van der Waals surface area contributed by atoms with Crippen LogP contribution in [0.4, 0.5) is 0 Å². The molecule has 0 spiro atoms. The molecule has 0 amide bonds. The van der Waals surface area contributed by atoms with Gasteiger partial charge in [-0.25, -0.2) is 5.01 Å². The third-order valence-corrected chi connectivity index (χ3v) is 12.1. The summed E-state index contributed by atoms with van der Waals surface area (Å²) in [7, 11) is 0. The van der Waals surface area contributed by atoms with Crippen molar-refractivity contribution in [2.75, 3.05) is 0 Å². The highest BCUT2D eigenvalue weighted by Crippen LogP contribution is 2.59. The summed E-state index contributed by atoms with van der Waals surface area (Å²) in [6.07, 6.45) is -0.199. The molecule has 1 fully saturated rings. The van der Waals surface area contributed by atoms with E-state index in [0.29, 0.717) is 0 Å².